The van der Waals surface area contributed by atoms with Gasteiger partial charge >= 0.3 is 0 Å². The molecule has 0 aliphatic heterocycles. The number of hydrogen-bond acceptors (Lipinski definition) is 6. The summed E-state index contributed by atoms with van der Waals surface area (Å²) in [5.74, 6) is 1.52. The average Bonchev–Trinajstić information content (AvgIpc) is 3.54. The first-order valence-corrected chi connectivity index (χ1v) is 10.6. The zero-order chi connectivity index (χ0) is 21.8. The predicted octanol–water partition coefficient (Wildman–Crippen LogP) is 5.04. The van der Waals surface area contributed by atoms with Gasteiger partial charge in [-0.15, -0.1) is 11.3 Å². The first-order chi connectivity index (χ1) is 15.0. The molecule has 0 radical (unpaired) electrons. The van der Waals surface area contributed by atoms with Crippen molar-refractivity contribution in [1.29, 1.82) is 5.41 Å². The van der Waals surface area contributed by atoms with Crippen LogP contribution >= 0.6 is 22.9 Å². The van der Waals surface area contributed by atoms with Gasteiger partial charge in [0.15, 0.2) is 5.76 Å². The number of amides is 1. The van der Waals surface area contributed by atoms with Crippen molar-refractivity contribution in [3.8, 4) is 11.3 Å². The number of nitrogens with one attached hydrogen (secondary N) is 2. The lowest BCUT2D eigenvalue weighted by atomic mass is 10.1. The summed E-state index contributed by atoms with van der Waals surface area (Å²) in [7, 11) is 1.85. The summed E-state index contributed by atoms with van der Waals surface area (Å²) in [5, 5.41) is 15.3. The Kier molecular flexibility index (Phi) is 6.20. The van der Waals surface area contributed by atoms with E-state index in [2.05, 4.69) is 10.5 Å². The van der Waals surface area contributed by atoms with Crippen molar-refractivity contribution in [3.63, 3.8) is 0 Å². The predicted molar refractivity (Wildman–Crippen MR) is 119 cm³/mol. The van der Waals surface area contributed by atoms with Crippen LogP contribution in [0.25, 0.3) is 11.3 Å². The molecule has 158 valence electrons. The SMILES string of the molecule is CN(Cc1ccco1)C(=N)c1ccc(-c2cc(CNC(=O)c3ccc(Cl)s3)on2)cc1. The van der Waals surface area contributed by atoms with Crippen LogP contribution in [0.5, 0.6) is 0 Å². The second-order valence-corrected chi connectivity index (χ2v) is 8.54. The van der Waals surface area contributed by atoms with E-state index < -0.39 is 0 Å². The third-order valence-corrected chi connectivity index (χ3v) is 5.82. The Balaban J connectivity index is 1.36. The minimum Gasteiger partial charge on any atom is -0.467 e. The Labute approximate surface area is 187 Å². The van der Waals surface area contributed by atoms with E-state index in [-0.39, 0.29) is 12.5 Å². The molecule has 0 saturated heterocycles. The Morgan fingerprint density at radius 2 is 2.00 bits per heavy atom. The topological polar surface area (TPSA) is 95.4 Å². The van der Waals surface area contributed by atoms with Crippen molar-refractivity contribution in [1.82, 2.24) is 15.4 Å². The van der Waals surface area contributed by atoms with Gasteiger partial charge < -0.3 is 19.2 Å². The number of hydrogen-bond donors (Lipinski definition) is 2. The first kappa shape index (κ1) is 20.9. The van der Waals surface area contributed by atoms with Crippen LogP contribution in [-0.2, 0) is 13.1 Å². The van der Waals surface area contributed by atoms with Gasteiger partial charge in [0.1, 0.15) is 17.3 Å². The smallest absolute Gasteiger partial charge is 0.261 e. The molecule has 4 rings (SSSR count). The van der Waals surface area contributed by atoms with Gasteiger partial charge in [0.25, 0.3) is 5.91 Å². The van der Waals surface area contributed by atoms with E-state index in [4.69, 9.17) is 26.0 Å². The molecule has 0 aliphatic rings. The van der Waals surface area contributed by atoms with Crippen LogP contribution in [0.1, 0.15) is 26.8 Å². The molecular weight excluding hydrogens is 436 g/mol. The van der Waals surface area contributed by atoms with Crippen LogP contribution in [0.3, 0.4) is 0 Å². The lowest BCUT2D eigenvalue weighted by Crippen LogP contribution is -2.25. The molecule has 3 heterocycles. The van der Waals surface area contributed by atoms with Gasteiger partial charge in [0.2, 0.25) is 0 Å². The standard InChI is InChI=1S/C22H19ClN4O3S/c1-27(13-16-3-2-10-29-16)21(24)15-6-4-14(5-7-15)18-11-17(30-26-18)12-25-22(28)19-8-9-20(23)31-19/h2-11,24H,12-13H2,1H3,(H,25,28). The molecule has 0 unspecified atom stereocenters. The van der Waals surface area contributed by atoms with E-state index in [0.717, 1.165) is 16.9 Å². The number of carbonyl (C=O) groups is 1. The number of aromatic nitrogens is 1. The van der Waals surface area contributed by atoms with Crippen LogP contribution in [0.15, 0.2) is 69.8 Å². The summed E-state index contributed by atoms with van der Waals surface area (Å²) in [4.78, 5) is 14.5. The fourth-order valence-corrected chi connectivity index (χ4v) is 3.92. The van der Waals surface area contributed by atoms with Gasteiger partial charge in [-0.05, 0) is 24.3 Å². The average molecular weight is 455 g/mol. The molecule has 0 atom stereocenters. The first-order valence-electron chi connectivity index (χ1n) is 9.41. The third kappa shape index (κ3) is 5.04. The monoisotopic (exact) mass is 454 g/mol. The maximum absolute atomic E-state index is 12.1. The molecule has 0 spiro atoms. The third-order valence-electron chi connectivity index (χ3n) is 4.59. The van der Waals surface area contributed by atoms with Crippen molar-refractivity contribution in [2.45, 2.75) is 13.1 Å². The quantitative estimate of drug-likeness (QED) is 0.301. The van der Waals surface area contributed by atoms with Crippen LogP contribution in [0.2, 0.25) is 4.34 Å². The molecule has 2 N–H and O–H groups in total. The summed E-state index contributed by atoms with van der Waals surface area (Å²) in [6, 6.07) is 16.4. The molecule has 1 aromatic carbocycles. The molecule has 0 fully saturated rings. The Bertz CT molecular complexity index is 1180. The highest BCUT2D eigenvalue weighted by atomic mass is 35.5. The minimum absolute atomic E-state index is 0.212. The highest BCUT2D eigenvalue weighted by molar-refractivity contribution is 7.17. The zero-order valence-corrected chi connectivity index (χ0v) is 18.2. The molecule has 0 saturated carbocycles. The van der Waals surface area contributed by atoms with Crippen molar-refractivity contribution in [3.05, 3.63) is 87.2 Å². The number of halogens is 1. The molecule has 1 amide bonds. The van der Waals surface area contributed by atoms with Gasteiger partial charge in [-0.1, -0.05) is 41.0 Å². The van der Waals surface area contributed by atoms with Crippen molar-refractivity contribution >= 4 is 34.7 Å². The zero-order valence-electron chi connectivity index (χ0n) is 16.6. The molecule has 7 nitrogen and oxygen atoms in total. The van der Waals surface area contributed by atoms with Crippen molar-refractivity contribution in [2.75, 3.05) is 7.05 Å². The molecule has 9 heteroatoms. The van der Waals surface area contributed by atoms with Gasteiger partial charge in [0.05, 0.1) is 28.6 Å². The number of benzene rings is 1. The number of furan rings is 1. The Hall–Kier alpha value is -3.36. The summed E-state index contributed by atoms with van der Waals surface area (Å²) < 4.78 is 11.2. The number of nitrogens with zero attached hydrogens (tertiary/aromatic N) is 2. The maximum Gasteiger partial charge on any atom is 0.261 e. The van der Waals surface area contributed by atoms with Crippen molar-refractivity contribution in [2.24, 2.45) is 0 Å². The Morgan fingerprint density at radius 3 is 2.68 bits per heavy atom. The second-order valence-electron chi connectivity index (χ2n) is 6.83. The van der Waals surface area contributed by atoms with E-state index in [1.807, 2.05) is 48.3 Å². The van der Waals surface area contributed by atoms with E-state index in [1.54, 1.807) is 24.5 Å². The molecular formula is C22H19ClN4O3S. The molecule has 31 heavy (non-hydrogen) atoms. The lowest BCUT2D eigenvalue weighted by Gasteiger charge is -2.18. The lowest BCUT2D eigenvalue weighted by molar-refractivity contribution is 0.0951. The van der Waals surface area contributed by atoms with Gasteiger partial charge in [-0.25, -0.2) is 0 Å². The number of carbonyl (C=O) groups excluding carboxylic acids is 1. The summed E-state index contributed by atoms with van der Waals surface area (Å²) in [6.07, 6.45) is 1.62. The second kappa shape index (κ2) is 9.20. The van der Waals surface area contributed by atoms with Gasteiger partial charge in [0, 0.05) is 24.2 Å². The number of thiophene rings is 1. The van der Waals surface area contributed by atoms with Crippen LogP contribution < -0.4 is 5.32 Å². The summed E-state index contributed by atoms with van der Waals surface area (Å²) >= 11 is 7.08. The summed E-state index contributed by atoms with van der Waals surface area (Å²) in [5.41, 5.74) is 2.30. The minimum atomic E-state index is -0.212. The van der Waals surface area contributed by atoms with E-state index in [1.165, 1.54) is 11.3 Å². The Morgan fingerprint density at radius 1 is 1.19 bits per heavy atom. The van der Waals surface area contributed by atoms with E-state index in [9.17, 15) is 4.79 Å². The fraction of sp³-hybridized carbons (Fsp3) is 0.136. The highest BCUT2D eigenvalue weighted by Gasteiger charge is 2.13. The van der Waals surface area contributed by atoms with Gasteiger partial charge in [-0.2, -0.15) is 0 Å². The van der Waals surface area contributed by atoms with Crippen LogP contribution in [-0.4, -0.2) is 28.8 Å². The van der Waals surface area contributed by atoms with Crippen molar-refractivity contribution < 1.29 is 13.7 Å². The molecule has 0 aliphatic carbocycles. The van der Waals surface area contributed by atoms with E-state index in [0.29, 0.717) is 33.0 Å². The molecule has 4 aromatic rings. The fourth-order valence-electron chi connectivity index (χ4n) is 2.96. The van der Waals surface area contributed by atoms with Crippen LogP contribution in [0, 0.1) is 5.41 Å². The van der Waals surface area contributed by atoms with Crippen LogP contribution in [0.4, 0.5) is 0 Å². The normalized spacial score (nSPS) is 10.8. The largest absolute Gasteiger partial charge is 0.467 e. The summed E-state index contributed by atoms with van der Waals surface area (Å²) in [6.45, 7) is 0.741. The molecule has 3 aromatic heterocycles. The van der Waals surface area contributed by atoms with Gasteiger partial charge in [-0.3, -0.25) is 10.2 Å². The highest BCUT2D eigenvalue weighted by Crippen LogP contribution is 2.22. The van der Waals surface area contributed by atoms with E-state index >= 15 is 0 Å². The molecule has 0 bridgehead atoms. The number of rotatable bonds is 7. The maximum atomic E-state index is 12.1. The number of amidine groups is 1.